The van der Waals surface area contributed by atoms with Gasteiger partial charge < -0.3 is 21.3 Å². The minimum absolute atomic E-state index is 0.0526. The lowest BCUT2D eigenvalue weighted by atomic mass is 9.87. The van der Waals surface area contributed by atoms with Crippen molar-refractivity contribution in [3.63, 3.8) is 0 Å². The molecular formula is C8H14N4O2. The highest BCUT2D eigenvalue weighted by atomic mass is 16.2. The van der Waals surface area contributed by atoms with Gasteiger partial charge in [0.1, 0.15) is 6.17 Å². The summed E-state index contributed by atoms with van der Waals surface area (Å²) in [7, 11) is 0. The second-order valence-corrected chi connectivity index (χ2v) is 3.87. The Morgan fingerprint density at radius 1 is 0.857 bits per heavy atom. The van der Waals surface area contributed by atoms with Crippen molar-refractivity contribution in [1.82, 2.24) is 21.3 Å². The zero-order valence-corrected chi connectivity index (χ0v) is 8.13. The molecule has 0 aromatic heterocycles. The Labute approximate surface area is 81.8 Å². The van der Waals surface area contributed by atoms with Gasteiger partial charge in [0, 0.05) is 18.0 Å². The van der Waals surface area contributed by atoms with Gasteiger partial charge in [0.2, 0.25) is 0 Å². The molecule has 2 aliphatic rings. The fourth-order valence-corrected chi connectivity index (χ4v) is 2.21. The maximum Gasteiger partial charge on any atom is 0.316 e. The molecular weight excluding hydrogens is 184 g/mol. The van der Waals surface area contributed by atoms with Crippen molar-refractivity contribution in [3.05, 3.63) is 0 Å². The SMILES string of the molecule is CC1NC(=O)NC2NC(=O)NC(C)C12. The topological polar surface area (TPSA) is 82.3 Å². The van der Waals surface area contributed by atoms with Crippen molar-refractivity contribution < 1.29 is 9.59 Å². The molecule has 78 valence electrons. The molecule has 4 N–H and O–H groups in total. The third-order valence-electron chi connectivity index (χ3n) is 2.83. The fourth-order valence-electron chi connectivity index (χ4n) is 2.21. The summed E-state index contributed by atoms with van der Waals surface area (Å²) in [5.41, 5.74) is 0. The van der Waals surface area contributed by atoms with Crippen molar-refractivity contribution in [2.45, 2.75) is 32.1 Å². The van der Waals surface area contributed by atoms with Crippen LogP contribution in [-0.4, -0.2) is 30.3 Å². The normalized spacial score (nSPS) is 41.3. The molecule has 6 heteroatoms. The summed E-state index contributed by atoms with van der Waals surface area (Å²) >= 11 is 0. The Balaban J connectivity index is 2.18. The third kappa shape index (κ3) is 1.36. The van der Waals surface area contributed by atoms with Gasteiger partial charge in [-0.15, -0.1) is 0 Å². The van der Waals surface area contributed by atoms with E-state index in [0.29, 0.717) is 0 Å². The Morgan fingerprint density at radius 3 is 1.71 bits per heavy atom. The minimum atomic E-state index is -0.262. The number of hydrogen-bond acceptors (Lipinski definition) is 2. The zero-order chi connectivity index (χ0) is 10.3. The maximum absolute atomic E-state index is 11.1. The number of rotatable bonds is 0. The molecule has 0 aromatic rings. The Kier molecular flexibility index (Phi) is 1.98. The molecule has 0 radical (unpaired) electrons. The predicted octanol–water partition coefficient (Wildman–Crippen LogP) is -0.669. The minimum Gasteiger partial charge on any atom is -0.335 e. The standard InChI is InChI=1S/C8H14N4O2/c1-3-5-4(2)10-8(14)12-6(5)11-7(13)9-3/h3-6H,1-2H3,(H2,9,11,13)(H2,10,12,14). The lowest BCUT2D eigenvalue weighted by molar-refractivity contribution is 0.139. The fraction of sp³-hybridized carbons (Fsp3) is 0.750. The number of carbonyl (C=O) groups excluding carboxylic acids is 2. The number of nitrogens with one attached hydrogen (secondary N) is 4. The van der Waals surface area contributed by atoms with Gasteiger partial charge in [-0.3, -0.25) is 0 Å². The number of carbonyl (C=O) groups is 2. The average Bonchev–Trinajstić information content (AvgIpc) is 1.99. The molecule has 2 saturated heterocycles. The molecule has 2 rings (SSSR count). The largest absolute Gasteiger partial charge is 0.335 e. The van der Waals surface area contributed by atoms with E-state index >= 15 is 0 Å². The summed E-state index contributed by atoms with van der Waals surface area (Å²) in [5, 5.41) is 10.9. The zero-order valence-electron chi connectivity index (χ0n) is 8.13. The third-order valence-corrected chi connectivity index (χ3v) is 2.83. The summed E-state index contributed by atoms with van der Waals surface area (Å²) in [5.74, 6) is 0.172. The van der Waals surface area contributed by atoms with Gasteiger partial charge in [-0.05, 0) is 13.8 Å². The monoisotopic (exact) mass is 198 g/mol. The van der Waals surface area contributed by atoms with Crippen LogP contribution in [0.3, 0.4) is 0 Å². The van der Waals surface area contributed by atoms with Crippen LogP contribution < -0.4 is 21.3 Å². The number of amides is 4. The van der Waals surface area contributed by atoms with Gasteiger partial charge in [0.25, 0.3) is 0 Å². The average molecular weight is 198 g/mol. The van der Waals surface area contributed by atoms with Gasteiger partial charge >= 0.3 is 12.1 Å². The van der Waals surface area contributed by atoms with E-state index < -0.39 is 0 Å². The van der Waals surface area contributed by atoms with Gasteiger partial charge in [-0.25, -0.2) is 9.59 Å². The van der Waals surface area contributed by atoms with Crippen LogP contribution in [0.2, 0.25) is 0 Å². The van der Waals surface area contributed by atoms with Crippen molar-refractivity contribution in [3.8, 4) is 0 Å². The van der Waals surface area contributed by atoms with E-state index in [9.17, 15) is 9.59 Å². The molecule has 14 heavy (non-hydrogen) atoms. The first kappa shape index (κ1) is 9.11. The summed E-state index contributed by atoms with van der Waals surface area (Å²) in [6.45, 7) is 3.87. The van der Waals surface area contributed by atoms with Gasteiger partial charge in [0.15, 0.2) is 0 Å². The van der Waals surface area contributed by atoms with Crippen LogP contribution in [0.15, 0.2) is 0 Å². The molecule has 0 saturated carbocycles. The molecule has 0 spiro atoms. The molecule has 2 unspecified atom stereocenters. The van der Waals surface area contributed by atoms with E-state index in [1.807, 2.05) is 13.8 Å². The van der Waals surface area contributed by atoms with Crippen LogP contribution in [0, 0.1) is 5.92 Å². The smallest absolute Gasteiger partial charge is 0.316 e. The van der Waals surface area contributed by atoms with Crippen molar-refractivity contribution in [1.29, 1.82) is 0 Å². The quantitative estimate of drug-likeness (QED) is 0.416. The first-order valence-electron chi connectivity index (χ1n) is 4.72. The Hall–Kier alpha value is -1.46. The lowest BCUT2D eigenvalue weighted by Gasteiger charge is -2.44. The molecule has 2 aliphatic heterocycles. The van der Waals surface area contributed by atoms with Gasteiger partial charge in [0.05, 0.1) is 0 Å². The van der Waals surface area contributed by atoms with Crippen LogP contribution in [0.5, 0.6) is 0 Å². The van der Waals surface area contributed by atoms with E-state index in [-0.39, 0.29) is 36.2 Å². The highest BCUT2D eigenvalue weighted by Crippen LogP contribution is 2.19. The summed E-state index contributed by atoms with van der Waals surface area (Å²) < 4.78 is 0. The molecule has 0 aromatic carbocycles. The molecule has 0 aliphatic carbocycles. The predicted molar refractivity (Wildman–Crippen MR) is 49.5 cm³/mol. The molecule has 2 fully saturated rings. The highest BCUT2D eigenvalue weighted by Gasteiger charge is 2.41. The molecule has 2 heterocycles. The van der Waals surface area contributed by atoms with E-state index in [4.69, 9.17) is 0 Å². The summed E-state index contributed by atoms with van der Waals surface area (Å²) in [4.78, 5) is 22.3. The maximum atomic E-state index is 11.1. The second kappa shape index (κ2) is 3.04. The highest BCUT2D eigenvalue weighted by molar-refractivity contribution is 5.80. The van der Waals surface area contributed by atoms with Crippen molar-refractivity contribution >= 4 is 12.1 Å². The van der Waals surface area contributed by atoms with Crippen LogP contribution in [0.4, 0.5) is 9.59 Å². The summed E-state index contributed by atoms with van der Waals surface area (Å²) in [6.07, 6.45) is -0.262. The van der Waals surface area contributed by atoms with Gasteiger partial charge in [-0.1, -0.05) is 0 Å². The van der Waals surface area contributed by atoms with Crippen LogP contribution in [0.1, 0.15) is 13.8 Å². The van der Waals surface area contributed by atoms with Crippen molar-refractivity contribution in [2.75, 3.05) is 0 Å². The Morgan fingerprint density at radius 2 is 1.29 bits per heavy atom. The number of fused-ring (bicyclic) bond motifs is 1. The molecule has 4 amide bonds. The van der Waals surface area contributed by atoms with Crippen molar-refractivity contribution in [2.24, 2.45) is 5.92 Å². The Bertz CT molecular complexity index is 255. The van der Waals surface area contributed by atoms with Crippen LogP contribution in [0.25, 0.3) is 0 Å². The first-order valence-corrected chi connectivity index (χ1v) is 4.72. The molecule has 2 atom stereocenters. The van der Waals surface area contributed by atoms with E-state index in [0.717, 1.165) is 0 Å². The molecule has 6 nitrogen and oxygen atoms in total. The van der Waals surface area contributed by atoms with Crippen LogP contribution >= 0.6 is 0 Å². The van der Waals surface area contributed by atoms with Crippen LogP contribution in [-0.2, 0) is 0 Å². The molecule has 0 bridgehead atoms. The van der Waals surface area contributed by atoms with Gasteiger partial charge in [-0.2, -0.15) is 0 Å². The van der Waals surface area contributed by atoms with E-state index in [2.05, 4.69) is 21.3 Å². The summed E-state index contributed by atoms with van der Waals surface area (Å²) in [6, 6.07) is -0.352. The first-order chi connectivity index (χ1) is 6.58. The number of hydrogen-bond donors (Lipinski definition) is 4. The second-order valence-electron chi connectivity index (χ2n) is 3.87. The van der Waals surface area contributed by atoms with E-state index in [1.54, 1.807) is 0 Å². The van der Waals surface area contributed by atoms with E-state index in [1.165, 1.54) is 0 Å². The lowest BCUT2D eigenvalue weighted by Crippen LogP contribution is -2.73. The number of urea groups is 2.